The average molecular weight is 837 g/mol. The fraction of sp³-hybridized carbons (Fsp3) is 0.209. The van der Waals surface area contributed by atoms with Gasteiger partial charge in [-0.25, -0.2) is 0 Å². The maximum absolute atomic E-state index is 4.76. The number of benzene rings is 4. The second kappa shape index (κ2) is 15.2. The summed E-state index contributed by atoms with van der Waals surface area (Å²) in [6.45, 7) is 7.00. The number of pyridine rings is 2. The Bertz CT molecular complexity index is 2100. The number of hydrogen-bond donors (Lipinski definition) is 0. The number of hydrogen-bond acceptors (Lipinski definition) is 3. The Morgan fingerprint density at radius 2 is 1.52 bits per heavy atom. The summed E-state index contributed by atoms with van der Waals surface area (Å²) in [6, 6.07) is 45.0. The standard InChI is InChI=1S/C29H24NS.C14H16NSi.Ir/c1-2-10-22(11-3-1)23-12-6-13-24-25-14-7-15-26(29(25)31-28(23)24)27-19-21(16-17-30-27)18-20-8-4-5-9-20;1-16(2,3)13-9-10-14(15-11-13)12-7-5-4-6-8-12;/h1-3,6-7,10-14,16-17,19-20H,4-5,8-9,18H2;4-7,9-11H,1-3H3;/q2*-1;. The van der Waals surface area contributed by atoms with Crippen LogP contribution in [-0.4, -0.2) is 18.0 Å². The molecule has 48 heavy (non-hydrogen) atoms. The Morgan fingerprint density at radius 1 is 0.729 bits per heavy atom. The van der Waals surface area contributed by atoms with Crippen molar-refractivity contribution >= 4 is 44.8 Å². The minimum Gasteiger partial charge on any atom is -0.305 e. The predicted molar refractivity (Wildman–Crippen MR) is 204 cm³/mol. The van der Waals surface area contributed by atoms with Gasteiger partial charge in [-0.2, -0.15) is 11.3 Å². The monoisotopic (exact) mass is 837 g/mol. The third-order valence-corrected chi connectivity index (χ3v) is 12.5. The average Bonchev–Trinajstić information content (AvgIpc) is 3.77. The third kappa shape index (κ3) is 7.61. The van der Waals surface area contributed by atoms with Crippen molar-refractivity contribution in [2.24, 2.45) is 5.92 Å². The molecule has 1 aliphatic carbocycles. The van der Waals surface area contributed by atoms with Gasteiger partial charge in [-0.3, -0.25) is 0 Å². The second-order valence-corrected chi connectivity index (χ2v) is 19.7. The van der Waals surface area contributed by atoms with Crippen molar-refractivity contribution in [1.82, 2.24) is 9.97 Å². The van der Waals surface area contributed by atoms with Gasteiger partial charge in [0.05, 0.1) is 8.07 Å². The Labute approximate surface area is 303 Å². The largest absolute Gasteiger partial charge is 0.305 e. The SMILES string of the molecule is C[Si](C)(C)c1ccc(-c2[c-]cccc2)nc1.[Ir].[c-]1ccc2c(sc3c(-c4ccccc4)cccc32)c1-c1cc(CC2CCCC2)ccn1. The number of aromatic nitrogens is 2. The molecule has 2 nitrogen and oxygen atoms in total. The molecular formula is C43H40IrN2SSi-2. The van der Waals surface area contributed by atoms with E-state index in [1.165, 1.54) is 74.2 Å². The van der Waals surface area contributed by atoms with Crippen molar-refractivity contribution in [3.8, 4) is 33.6 Å². The van der Waals surface area contributed by atoms with Crippen molar-refractivity contribution in [1.29, 1.82) is 0 Å². The minimum absolute atomic E-state index is 0. The van der Waals surface area contributed by atoms with Gasteiger partial charge in [-0.15, -0.1) is 59.7 Å². The third-order valence-electron chi connectivity index (χ3n) is 9.24. The molecule has 243 valence electrons. The van der Waals surface area contributed by atoms with Gasteiger partial charge in [-0.05, 0) is 56.2 Å². The van der Waals surface area contributed by atoms with Gasteiger partial charge in [0.25, 0.3) is 0 Å². The molecule has 1 radical (unpaired) electrons. The number of thiophene rings is 1. The number of rotatable bonds is 6. The smallest absolute Gasteiger partial charge is 0.0795 e. The maximum atomic E-state index is 4.76. The Balaban J connectivity index is 0.000000201. The van der Waals surface area contributed by atoms with Crippen molar-refractivity contribution in [3.63, 3.8) is 0 Å². The Morgan fingerprint density at radius 3 is 2.25 bits per heavy atom. The van der Waals surface area contributed by atoms with Crippen molar-refractivity contribution < 1.29 is 20.1 Å². The zero-order chi connectivity index (χ0) is 32.2. The minimum atomic E-state index is -1.23. The van der Waals surface area contributed by atoms with E-state index >= 15 is 0 Å². The van der Waals surface area contributed by atoms with Crippen molar-refractivity contribution in [2.75, 3.05) is 0 Å². The van der Waals surface area contributed by atoms with Gasteiger partial charge in [0.15, 0.2) is 0 Å². The van der Waals surface area contributed by atoms with E-state index in [2.05, 4.69) is 122 Å². The normalized spacial score (nSPS) is 13.2. The molecule has 0 aliphatic heterocycles. The van der Waals surface area contributed by atoms with Gasteiger partial charge in [0.1, 0.15) is 0 Å². The van der Waals surface area contributed by atoms with E-state index in [1.807, 2.05) is 48.0 Å². The summed E-state index contributed by atoms with van der Waals surface area (Å²) >= 11 is 1.87. The van der Waals surface area contributed by atoms with Crippen LogP contribution < -0.4 is 5.19 Å². The molecule has 0 saturated heterocycles. The summed E-state index contributed by atoms with van der Waals surface area (Å²) in [5, 5.41) is 4.01. The van der Waals surface area contributed by atoms with Gasteiger partial charge in [-0.1, -0.05) is 123 Å². The second-order valence-electron chi connectivity index (χ2n) is 13.6. The predicted octanol–water partition coefficient (Wildman–Crippen LogP) is 11.4. The zero-order valence-electron chi connectivity index (χ0n) is 27.8. The molecule has 3 aromatic heterocycles. The fourth-order valence-corrected chi connectivity index (χ4v) is 9.01. The van der Waals surface area contributed by atoms with Crippen LogP contribution >= 0.6 is 11.3 Å². The first-order valence-electron chi connectivity index (χ1n) is 16.7. The van der Waals surface area contributed by atoms with E-state index in [0.717, 1.165) is 28.4 Å². The van der Waals surface area contributed by atoms with Gasteiger partial charge in [0, 0.05) is 37.2 Å². The fourth-order valence-electron chi connectivity index (χ4n) is 6.63. The molecule has 3 heterocycles. The zero-order valence-corrected chi connectivity index (χ0v) is 32.0. The summed E-state index contributed by atoms with van der Waals surface area (Å²) in [5.41, 5.74) is 8.22. The van der Waals surface area contributed by atoms with Crippen LogP contribution in [0.1, 0.15) is 31.2 Å². The van der Waals surface area contributed by atoms with Crippen LogP contribution in [0, 0.1) is 18.1 Å². The molecule has 0 atom stereocenters. The summed E-state index contributed by atoms with van der Waals surface area (Å²) in [5.74, 6) is 0.841. The molecule has 1 aliphatic rings. The van der Waals surface area contributed by atoms with E-state index in [4.69, 9.17) is 4.98 Å². The first kappa shape index (κ1) is 34.1. The molecule has 0 N–H and O–H groups in total. The first-order valence-corrected chi connectivity index (χ1v) is 21.1. The van der Waals surface area contributed by atoms with Gasteiger partial charge < -0.3 is 9.97 Å². The molecule has 4 aromatic carbocycles. The molecule has 0 unspecified atom stereocenters. The van der Waals surface area contributed by atoms with Crippen LogP contribution in [0.5, 0.6) is 0 Å². The molecule has 8 rings (SSSR count). The quantitative estimate of drug-likeness (QED) is 0.123. The Kier molecular flexibility index (Phi) is 10.8. The number of nitrogens with zero attached hydrogens (tertiary/aromatic N) is 2. The van der Waals surface area contributed by atoms with E-state index in [1.54, 1.807) is 0 Å². The molecule has 0 bridgehead atoms. The van der Waals surface area contributed by atoms with Crippen LogP contribution in [0.4, 0.5) is 0 Å². The number of fused-ring (bicyclic) bond motifs is 3. The van der Waals surface area contributed by atoms with Crippen LogP contribution in [0.2, 0.25) is 19.6 Å². The molecule has 7 aromatic rings. The van der Waals surface area contributed by atoms with Crippen LogP contribution in [0.3, 0.4) is 0 Å². The topological polar surface area (TPSA) is 25.8 Å². The van der Waals surface area contributed by atoms with Crippen LogP contribution in [0.15, 0.2) is 122 Å². The summed E-state index contributed by atoms with van der Waals surface area (Å²) in [6.07, 6.45) is 10.7. The molecule has 1 saturated carbocycles. The van der Waals surface area contributed by atoms with Crippen molar-refractivity contribution in [3.05, 3.63) is 139 Å². The molecule has 1 fully saturated rings. The van der Waals surface area contributed by atoms with Gasteiger partial charge >= 0.3 is 0 Å². The summed E-state index contributed by atoms with van der Waals surface area (Å²) in [7, 11) is -1.23. The molecule has 0 amide bonds. The Hall–Kier alpha value is -3.73. The van der Waals surface area contributed by atoms with E-state index in [0.29, 0.717) is 0 Å². The van der Waals surface area contributed by atoms with E-state index < -0.39 is 8.07 Å². The van der Waals surface area contributed by atoms with Gasteiger partial charge in [0.2, 0.25) is 0 Å². The summed E-state index contributed by atoms with van der Waals surface area (Å²) < 4.78 is 2.62. The van der Waals surface area contributed by atoms with Crippen LogP contribution in [0.25, 0.3) is 53.8 Å². The molecular weight excluding hydrogens is 797 g/mol. The maximum Gasteiger partial charge on any atom is 0.0795 e. The van der Waals surface area contributed by atoms with E-state index in [9.17, 15) is 0 Å². The van der Waals surface area contributed by atoms with E-state index in [-0.39, 0.29) is 20.1 Å². The van der Waals surface area contributed by atoms with Crippen molar-refractivity contribution in [2.45, 2.75) is 51.7 Å². The van der Waals surface area contributed by atoms with Crippen LogP contribution in [-0.2, 0) is 26.5 Å². The molecule has 0 spiro atoms. The summed E-state index contributed by atoms with van der Waals surface area (Å²) in [4.78, 5) is 9.28. The first-order chi connectivity index (χ1) is 22.9. The molecule has 5 heteroatoms.